The highest BCUT2D eigenvalue weighted by Crippen LogP contribution is 2.27. The van der Waals surface area contributed by atoms with E-state index in [2.05, 4.69) is 32.5 Å². The largest absolute Gasteiger partial charge is 0.488 e. The highest BCUT2D eigenvalue weighted by atomic mass is 79.9. The van der Waals surface area contributed by atoms with Crippen LogP contribution in [0.4, 0.5) is 5.69 Å². The second-order valence-corrected chi connectivity index (χ2v) is 7.89. The Morgan fingerprint density at radius 3 is 2.79 bits per heavy atom. The molecule has 0 aliphatic carbocycles. The summed E-state index contributed by atoms with van der Waals surface area (Å²) >= 11 is 3.45. The first kappa shape index (κ1) is 22.7. The van der Waals surface area contributed by atoms with Gasteiger partial charge in [-0.05, 0) is 57.9 Å². The number of halogens is 1. The molecule has 0 saturated carbocycles. The van der Waals surface area contributed by atoms with E-state index in [1.807, 2.05) is 12.1 Å². The molecule has 0 bridgehead atoms. The molecule has 1 N–H and O–H groups in total. The average Bonchev–Trinajstić information content (AvgIpc) is 3.27. The molecule has 10 heteroatoms. The van der Waals surface area contributed by atoms with Crippen molar-refractivity contribution in [2.45, 2.75) is 6.61 Å². The summed E-state index contributed by atoms with van der Waals surface area (Å²) < 4.78 is 11.9. The van der Waals surface area contributed by atoms with Crippen LogP contribution >= 0.6 is 15.9 Å². The third kappa shape index (κ3) is 5.11. The van der Waals surface area contributed by atoms with Gasteiger partial charge in [0.2, 0.25) is 0 Å². The van der Waals surface area contributed by atoms with Crippen molar-refractivity contribution in [2.24, 2.45) is 5.10 Å². The zero-order chi connectivity index (χ0) is 24.1. The summed E-state index contributed by atoms with van der Waals surface area (Å²) in [5.74, 6) is -0.0224. The van der Waals surface area contributed by atoms with E-state index in [4.69, 9.17) is 9.15 Å². The minimum Gasteiger partial charge on any atom is -0.488 e. The smallest absolute Gasteiger partial charge is 0.307 e. The number of nitro benzene ring substituents is 1. The van der Waals surface area contributed by atoms with Gasteiger partial charge in [-0.25, -0.2) is 5.43 Å². The van der Waals surface area contributed by atoms with Gasteiger partial charge in [-0.15, -0.1) is 0 Å². The van der Waals surface area contributed by atoms with Gasteiger partial charge in [-0.2, -0.15) is 10.4 Å². The number of rotatable bonds is 7. The lowest BCUT2D eigenvalue weighted by molar-refractivity contribution is -0.384. The van der Waals surface area contributed by atoms with Gasteiger partial charge in [0.25, 0.3) is 5.69 Å². The number of carbonyl (C=O) groups excluding carboxylic acids is 1. The van der Waals surface area contributed by atoms with E-state index < -0.39 is 10.8 Å². The molecule has 4 aromatic rings. The maximum absolute atomic E-state index is 12.3. The van der Waals surface area contributed by atoms with E-state index in [9.17, 15) is 20.2 Å². The Morgan fingerprint density at radius 1 is 1.21 bits per heavy atom. The number of nitro groups is 1. The maximum atomic E-state index is 12.3. The monoisotopic (exact) mass is 518 g/mol. The number of furan rings is 1. The standard InChI is InChI=1S/C24H15BrN4O5/c25-20-9-15(5-7-22(20)33-14-17-4-2-1-3-16(17)12-26)13-27-28-24(30)23-11-18-10-19(29(31)32)6-8-21(18)34-23/h1-11,13H,14H2,(H,28,30)/b27-13+. The Hall–Kier alpha value is -4.49. The van der Waals surface area contributed by atoms with E-state index in [1.165, 1.54) is 30.5 Å². The van der Waals surface area contributed by atoms with Gasteiger partial charge < -0.3 is 9.15 Å². The van der Waals surface area contributed by atoms with E-state index in [-0.39, 0.29) is 18.1 Å². The fourth-order valence-electron chi connectivity index (χ4n) is 3.10. The number of benzene rings is 3. The first-order valence-corrected chi connectivity index (χ1v) is 10.7. The highest BCUT2D eigenvalue weighted by Gasteiger charge is 2.14. The quantitative estimate of drug-likeness (QED) is 0.200. The van der Waals surface area contributed by atoms with Gasteiger partial charge in [0, 0.05) is 23.1 Å². The summed E-state index contributed by atoms with van der Waals surface area (Å²) in [7, 11) is 0. The van der Waals surface area contributed by atoms with E-state index in [0.29, 0.717) is 32.3 Å². The second kappa shape index (κ2) is 9.97. The van der Waals surface area contributed by atoms with Crippen molar-refractivity contribution in [1.82, 2.24) is 5.43 Å². The summed E-state index contributed by atoms with van der Waals surface area (Å²) in [6, 6.07) is 20.1. The first-order valence-electron chi connectivity index (χ1n) is 9.86. The third-order valence-electron chi connectivity index (χ3n) is 4.79. The number of ether oxygens (including phenoxy) is 1. The molecule has 0 spiro atoms. The van der Waals surface area contributed by atoms with E-state index >= 15 is 0 Å². The number of non-ortho nitro benzene ring substituents is 1. The predicted molar refractivity (Wildman–Crippen MR) is 128 cm³/mol. The van der Waals surface area contributed by atoms with E-state index in [0.717, 1.165) is 5.56 Å². The second-order valence-electron chi connectivity index (χ2n) is 7.04. The number of nitrogens with one attached hydrogen (secondary N) is 1. The molecule has 0 radical (unpaired) electrons. The zero-order valence-electron chi connectivity index (χ0n) is 17.4. The minimum atomic E-state index is -0.592. The summed E-state index contributed by atoms with van der Waals surface area (Å²) in [6.07, 6.45) is 1.45. The van der Waals surface area contributed by atoms with Crippen molar-refractivity contribution in [3.05, 3.63) is 104 Å². The minimum absolute atomic E-state index is 0.0183. The maximum Gasteiger partial charge on any atom is 0.307 e. The van der Waals surface area contributed by atoms with Gasteiger partial charge in [0.05, 0.1) is 27.2 Å². The molecule has 9 nitrogen and oxygen atoms in total. The fraction of sp³-hybridized carbons (Fsp3) is 0.0417. The average molecular weight is 519 g/mol. The van der Waals surface area contributed by atoms with Crippen LogP contribution in [0.1, 0.15) is 27.2 Å². The van der Waals surface area contributed by atoms with Crippen LogP contribution in [0.25, 0.3) is 11.0 Å². The molecule has 1 heterocycles. The van der Waals surface area contributed by atoms with Crippen molar-refractivity contribution in [3.8, 4) is 11.8 Å². The zero-order valence-corrected chi connectivity index (χ0v) is 19.0. The number of carbonyl (C=O) groups is 1. The fourth-order valence-corrected chi connectivity index (χ4v) is 3.61. The number of fused-ring (bicyclic) bond motifs is 1. The molecule has 168 valence electrons. The van der Waals surface area contributed by atoms with Crippen LogP contribution in [0.2, 0.25) is 0 Å². The van der Waals surface area contributed by atoms with Crippen molar-refractivity contribution < 1.29 is 18.9 Å². The molecule has 1 amide bonds. The van der Waals surface area contributed by atoms with Crippen LogP contribution in [-0.4, -0.2) is 17.0 Å². The number of nitrogens with zero attached hydrogens (tertiary/aromatic N) is 3. The van der Waals surface area contributed by atoms with Crippen LogP contribution < -0.4 is 10.2 Å². The van der Waals surface area contributed by atoms with Crippen molar-refractivity contribution >= 4 is 44.7 Å². The summed E-state index contributed by atoms with van der Waals surface area (Å²) in [5.41, 5.74) is 4.66. The molecule has 4 rings (SSSR count). The molecule has 0 saturated heterocycles. The van der Waals surface area contributed by atoms with E-state index in [1.54, 1.807) is 30.3 Å². The Kier molecular flexibility index (Phi) is 6.66. The van der Waals surface area contributed by atoms with Gasteiger partial charge in [-0.3, -0.25) is 14.9 Å². The Labute approximate surface area is 201 Å². The van der Waals surface area contributed by atoms with Gasteiger partial charge in [0.1, 0.15) is 17.9 Å². The number of hydrogen-bond donors (Lipinski definition) is 1. The van der Waals surface area contributed by atoms with Crippen LogP contribution in [-0.2, 0) is 6.61 Å². The predicted octanol–water partition coefficient (Wildman–Crippen LogP) is 5.32. The molecule has 1 aromatic heterocycles. The molecular formula is C24H15BrN4O5. The van der Waals surface area contributed by atoms with Crippen molar-refractivity contribution in [1.29, 1.82) is 5.26 Å². The lowest BCUT2D eigenvalue weighted by Gasteiger charge is -2.09. The number of hydrazone groups is 1. The van der Waals surface area contributed by atoms with Crippen LogP contribution in [0.5, 0.6) is 5.75 Å². The Bertz CT molecular complexity index is 1470. The molecule has 0 unspecified atom stereocenters. The van der Waals surface area contributed by atoms with Crippen molar-refractivity contribution in [2.75, 3.05) is 0 Å². The summed E-state index contributed by atoms with van der Waals surface area (Å²) in [6.45, 7) is 0.243. The SMILES string of the molecule is N#Cc1ccccc1COc1ccc(/C=N/NC(=O)c2cc3cc([N+](=O)[O-])ccc3o2)cc1Br. The summed E-state index contributed by atoms with van der Waals surface area (Å²) in [4.78, 5) is 22.7. The van der Waals surface area contributed by atoms with Gasteiger partial charge in [-0.1, -0.05) is 18.2 Å². The molecule has 34 heavy (non-hydrogen) atoms. The summed E-state index contributed by atoms with van der Waals surface area (Å²) in [5, 5.41) is 24.4. The first-order chi connectivity index (χ1) is 16.4. The van der Waals surface area contributed by atoms with Crippen molar-refractivity contribution in [3.63, 3.8) is 0 Å². The molecule has 0 atom stereocenters. The number of hydrogen-bond acceptors (Lipinski definition) is 7. The normalized spacial score (nSPS) is 10.8. The van der Waals surface area contributed by atoms with Crippen LogP contribution in [0, 0.1) is 21.4 Å². The van der Waals surface area contributed by atoms with Crippen LogP contribution in [0.15, 0.2) is 80.7 Å². The van der Waals surface area contributed by atoms with Gasteiger partial charge >= 0.3 is 5.91 Å². The third-order valence-corrected chi connectivity index (χ3v) is 5.41. The Morgan fingerprint density at radius 2 is 2.03 bits per heavy atom. The lowest BCUT2D eigenvalue weighted by Crippen LogP contribution is -2.16. The number of nitriles is 1. The molecule has 0 aliphatic rings. The topological polar surface area (TPSA) is 131 Å². The molecule has 3 aromatic carbocycles. The molecule has 0 fully saturated rings. The van der Waals surface area contributed by atoms with Crippen LogP contribution in [0.3, 0.4) is 0 Å². The Balaban J connectivity index is 1.38. The van der Waals surface area contributed by atoms with Gasteiger partial charge in [0.15, 0.2) is 5.76 Å². The molecular weight excluding hydrogens is 504 g/mol. The number of amides is 1. The highest BCUT2D eigenvalue weighted by molar-refractivity contribution is 9.10. The molecule has 0 aliphatic heterocycles. The lowest BCUT2D eigenvalue weighted by atomic mass is 10.1.